The lowest BCUT2D eigenvalue weighted by Gasteiger charge is -1.90. The van der Waals surface area contributed by atoms with E-state index in [0.717, 1.165) is 5.33 Å². The van der Waals surface area contributed by atoms with Crippen LogP contribution in [0.5, 0.6) is 0 Å². The van der Waals surface area contributed by atoms with Crippen molar-refractivity contribution in [3.8, 4) is 0 Å². The molecule has 1 heteroatoms. The Bertz CT molecular complexity index is 296. The minimum atomic E-state index is 0.937. The van der Waals surface area contributed by atoms with E-state index in [4.69, 9.17) is 0 Å². The first-order valence-electron chi connectivity index (χ1n) is 4.28. The van der Waals surface area contributed by atoms with Gasteiger partial charge in [-0.2, -0.15) is 0 Å². The van der Waals surface area contributed by atoms with Gasteiger partial charge in [-0.25, -0.2) is 0 Å². The van der Waals surface area contributed by atoms with Gasteiger partial charge in [0.25, 0.3) is 0 Å². The Kier molecular flexibility index (Phi) is 4.55. The fourth-order valence-electron chi connectivity index (χ4n) is 0.932. The maximum absolute atomic E-state index is 3.40. The standard InChI is InChI=1S/C12H13Br/c1-11(10-13)6-5-9-12-7-3-2-4-8-12/h2-9H,10H2,1H3. The van der Waals surface area contributed by atoms with Crippen molar-refractivity contribution in [3.63, 3.8) is 0 Å². The normalized spacial score (nSPS) is 12.3. The molecule has 1 rings (SSSR count). The second-order valence-corrected chi connectivity index (χ2v) is 3.48. The smallest absolute Gasteiger partial charge is 0.0242 e. The van der Waals surface area contributed by atoms with Crippen LogP contribution in [0.3, 0.4) is 0 Å². The molecule has 0 nitrogen and oxygen atoms in total. The van der Waals surface area contributed by atoms with Gasteiger partial charge in [-0.3, -0.25) is 0 Å². The maximum atomic E-state index is 3.40. The Morgan fingerprint density at radius 2 is 2.00 bits per heavy atom. The predicted octanol–water partition coefficient (Wildman–Crippen LogP) is 4.04. The lowest BCUT2D eigenvalue weighted by molar-refractivity contribution is 1.43. The van der Waals surface area contributed by atoms with Gasteiger partial charge < -0.3 is 0 Å². The van der Waals surface area contributed by atoms with Gasteiger partial charge in [0.05, 0.1) is 0 Å². The van der Waals surface area contributed by atoms with E-state index in [2.05, 4.69) is 53.2 Å². The van der Waals surface area contributed by atoms with E-state index in [1.54, 1.807) is 0 Å². The molecule has 0 aliphatic carbocycles. The number of rotatable bonds is 3. The molecule has 0 unspecified atom stereocenters. The highest BCUT2D eigenvalue weighted by Gasteiger charge is 1.82. The van der Waals surface area contributed by atoms with Crippen LogP contribution in [0.25, 0.3) is 6.08 Å². The molecule has 1 aromatic carbocycles. The molecule has 0 aliphatic heterocycles. The van der Waals surface area contributed by atoms with Gasteiger partial charge in [0.1, 0.15) is 0 Å². The van der Waals surface area contributed by atoms with Crippen molar-refractivity contribution in [2.45, 2.75) is 6.92 Å². The minimum Gasteiger partial charge on any atom is -0.0880 e. The largest absolute Gasteiger partial charge is 0.0880 e. The quantitative estimate of drug-likeness (QED) is 0.549. The molecule has 0 N–H and O–H groups in total. The van der Waals surface area contributed by atoms with Crippen molar-refractivity contribution in [3.05, 3.63) is 53.6 Å². The topological polar surface area (TPSA) is 0 Å². The van der Waals surface area contributed by atoms with Crippen molar-refractivity contribution in [1.29, 1.82) is 0 Å². The van der Waals surface area contributed by atoms with Crippen LogP contribution in [0.1, 0.15) is 12.5 Å². The molecular formula is C12H13Br. The highest BCUT2D eigenvalue weighted by Crippen LogP contribution is 2.03. The molecular weight excluding hydrogens is 224 g/mol. The van der Waals surface area contributed by atoms with E-state index in [1.165, 1.54) is 11.1 Å². The summed E-state index contributed by atoms with van der Waals surface area (Å²) in [5.74, 6) is 0. The van der Waals surface area contributed by atoms with Gasteiger partial charge >= 0.3 is 0 Å². The van der Waals surface area contributed by atoms with Crippen molar-refractivity contribution in [1.82, 2.24) is 0 Å². The summed E-state index contributed by atoms with van der Waals surface area (Å²) in [5, 5.41) is 0.937. The van der Waals surface area contributed by atoms with Crippen molar-refractivity contribution in [2.75, 3.05) is 5.33 Å². The first-order valence-corrected chi connectivity index (χ1v) is 5.40. The highest BCUT2D eigenvalue weighted by atomic mass is 79.9. The highest BCUT2D eigenvalue weighted by molar-refractivity contribution is 9.09. The third-order valence-electron chi connectivity index (χ3n) is 1.68. The molecule has 0 fully saturated rings. The molecule has 68 valence electrons. The molecule has 13 heavy (non-hydrogen) atoms. The lowest BCUT2D eigenvalue weighted by Crippen LogP contribution is -1.72. The zero-order valence-corrected chi connectivity index (χ0v) is 9.29. The van der Waals surface area contributed by atoms with Crippen LogP contribution in [0.2, 0.25) is 0 Å². The summed E-state index contributed by atoms with van der Waals surface area (Å²) in [6.07, 6.45) is 6.29. The first kappa shape index (κ1) is 10.3. The fourth-order valence-corrected chi connectivity index (χ4v) is 1.12. The van der Waals surface area contributed by atoms with Crippen LogP contribution in [0.4, 0.5) is 0 Å². The molecule has 0 heterocycles. The fraction of sp³-hybridized carbons (Fsp3) is 0.167. The predicted molar refractivity (Wildman–Crippen MR) is 63.0 cm³/mol. The van der Waals surface area contributed by atoms with Gasteiger partial charge in [-0.15, -0.1) is 0 Å². The molecule has 0 aliphatic rings. The van der Waals surface area contributed by atoms with Crippen LogP contribution in [0, 0.1) is 0 Å². The second-order valence-electron chi connectivity index (χ2n) is 2.92. The third kappa shape index (κ3) is 4.09. The SMILES string of the molecule is CC(=CC=Cc1ccccc1)CBr. The van der Waals surface area contributed by atoms with Crippen LogP contribution >= 0.6 is 15.9 Å². The number of alkyl halides is 1. The van der Waals surface area contributed by atoms with E-state index >= 15 is 0 Å². The molecule has 0 spiro atoms. The molecule has 0 bridgehead atoms. The van der Waals surface area contributed by atoms with Crippen molar-refractivity contribution >= 4 is 22.0 Å². The summed E-state index contributed by atoms with van der Waals surface area (Å²) in [5.41, 5.74) is 2.56. The van der Waals surface area contributed by atoms with Gasteiger partial charge in [-0.1, -0.05) is 70.1 Å². The van der Waals surface area contributed by atoms with Crippen LogP contribution < -0.4 is 0 Å². The second kappa shape index (κ2) is 5.76. The average Bonchev–Trinajstić information content (AvgIpc) is 2.19. The van der Waals surface area contributed by atoms with Crippen LogP contribution in [0.15, 0.2) is 48.1 Å². The van der Waals surface area contributed by atoms with Crippen LogP contribution in [-0.4, -0.2) is 5.33 Å². The van der Waals surface area contributed by atoms with E-state index in [1.807, 2.05) is 18.2 Å². The number of allylic oxidation sites excluding steroid dienone is 3. The zero-order valence-electron chi connectivity index (χ0n) is 7.70. The Morgan fingerprint density at radius 1 is 1.31 bits per heavy atom. The first-order chi connectivity index (χ1) is 6.33. The van der Waals surface area contributed by atoms with Gasteiger partial charge in [0, 0.05) is 5.33 Å². The molecule has 1 aromatic rings. The molecule has 0 aromatic heterocycles. The molecule has 0 radical (unpaired) electrons. The summed E-state index contributed by atoms with van der Waals surface area (Å²) >= 11 is 3.40. The van der Waals surface area contributed by atoms with Gasteiger partial charge in [0.15, 0.2) is 0 Å². The molecule has 0 atom stereocenters. The zero-order chi connectivity index (χ0) is 9.52. The van der Waals surface area contributed by atoms with Gasteiger partial charge in [0.2, 0.25) is 0 Å². The van der Waals surface area contributed by atoms with Crippen LogP contribution in [-0.2, 0) is 0 Å². The summed E-state index contributed by atoms with van der Waals surface area (Å²) in [4.78, 5) is 0. The Morgan fingerprint density at radius 3 is 2.62 bits per heavy atom. The maximum Gasteiger partial charge on any atom is 0.0242 e. The van der Waals surface area contributed by atoms with E-state index in [-0.39, 0.29) is 0 Å². The lowest BCUT2D eigenvalue weighted by atomic mass is 10.2. The molecule has 0 saturated heterocycles. The van der Waals surface area contributed by atoms with E-state index < -0.39 is 0 Å². The number of benzene rings is 1. The van der Waals surface area contributed by atoms with Crippen molar-refractivity contribution < 1.29 is 0 Å². The van der Waals surface area contributed by atoms with Gasteiger partial charge in [-0.05, 0) is 12.5 Å². The Labute approximate surface area is 88.1 Å². The number of halogens is 1. The summed E-state index contributed by atoms with van der Waals surface area (Å²) in [6.45, 7) is 2.10. The van der Waals surface area contributed by atoms with Crippen molar-refractivity contribution in [2.24, 2.45) is 0 Å². The minimum absolute atomic E-state index is 0.937. The Hall–Kier alpha value is -0.820. The molecule has 0 saturated carbocycles. The number of hydrogen-bond donors (Lipinski definition) is 0. The average molecular weight is 237 g/mol. The van der Waals surface area contributed by atoms with E-state index in [0.29, 0.717) is 0 Å². The number of hydrogen-bond acceptors (Lipinski definition) is 0. The summed E-state index contributed by atoms with van der Waals surface area (Å²) in [6, 6.07) is 10.3. The summed E-state index contributed by atoms with van der Waals surface area (Å²) in [7, 11) is 0. The molecule has 0 amide bonds. The monoisotopic (exact) mass is 236 g/mol. The third-order valence-corrected chi connectivity index (χ3v) is 2.56. The van der Waals surface area contributed by atoms with E-state index in [9.17, 15) is 0 Å². The Balaban J connectivity index is 2.60. The summed E-state index contributed by atoms with van der Waals surface area (Å²) < 4.78 is 0.